The molecule has 124 valence electrons. The van der Waals surface area contributed by atoms with Crippen LogP contribution in [0.25, 0.3) is 6.08 Å². The van der Waals surface area contributed by atoms with Gasteiger partial charge in [-0.2, -0.15) is 0 Å². The van der Waals surface area contributed by atoms with Gasteiger partial charge in [-0.3, -0.25) is 10.1 Å². The number of nitrogens with one attached hydrogen (secondary N) is 1. The molecule has 1 aromatic heterocycles. The third kappa shape index (κ3) is 5.10. The molecule has 2 amide bonds. The van der Waals surface area contributed by atoms with Crippen molar-refractivity contribution in [2.24, 2.45) is 0 Å². The molecule has 8 heteroatoms. The Kier molecular flexibility index (Phi) is 6.16. The minimum absolute atomic E-state index is 0.316. The zero-order valence-corrected chi connectivity index (χ0v) is 13.7. The van der Waals surface area contributed by atoms with E-state index in [2.05, 4.69) is 5.32 Å². The number of ether oxygens (including phenoxy) is 1. The van der Waals surface area contributed by atoms with Crippen molar-refractivity contribution in [2.45, 2.75) is 6.92 Å². The summed E-state index contributed by atoms with van der Waals surface area (Å²) in [6, 6.07) is 3.49. The van der Waals surface area contributed by atoms with Crippen molar-refractivity contribution in [3.8, 4) is 0 Å². The van der Waals surface area contributed by atoms with Crippen LogP contribution in [0.1, 0.15) is 12.7 Å². The van der Waals surface area contributed by atoms with E-state index in [1.807, 2.05) is 4.90 Å². The number of piperazine rings is 1. The topological polar surface area (TPSA) is 75.0 Å². The molecule has 2 rings (SSSR count). The summed E-state index contributed by atoms with van der Waals surface area (Å²) in [7, 11) is 0. The lowest BCUT2D eigenvalue weighted by atomic mass is 10.3. The molecule has 2 heterocycles. The Hall–Kier alpha value is -2.35. The number of carbonyl (C=O) groups excluding carboxylic acids is 2. The standard InChI is InChI=1S/C15H19N3O4S/c1-2-21-15(20)18-9-7-17(8-10-18)14(23)16-13(19)6-5-12-4-3-11-22-12/h3-6,11H,2,7-10H2,1H3,(H,16,19,23). The molecule has 1 N–H and O–H groups in total. The molecule has 0 spiro atoms. The van der Waals surface area contributed by atoms with E-state index >= 15 is 0 Å². The van der Waals surface area contributed by atoms with Gasteiger partial charge >= 0.3 is 6.09 Å². The highest BCUT2D eigenvalue weighted by Crippen LogP contribution is 2.05. The predicted octanol–water partition coefficient (Wildman–Crippen LogP) is 1.47. The van der Waals surface area contributed by atoms with Gasteiger partial charge in [-0.15, -0.1) is 0 Å². The summed E-state index contributed by atoms with van der Waals surface area (Å²) in [5.74, 6) is 0.272. The lowest BCUT2D eigenvalue weighted by Crippen LogP contribution is -2.53. The third-order valence-corrected chi connectivity index (χ3v) is 3.63. The fourth-order valence-corrected chi connectivity index (χ4v) is 2.36. The van der Waals surface area contributed by atoms with Crippen LogP contribution in [-0.2, 0) is 9.53 Å². The monoisotopic (exact) mass is 337 g/mol. The number of hydrogen-bond acceptors (Lipinski definition) is 5. The van der Waals surface area contributed by atoms with Crippen LogP contribution in [0.3, 0.4) is 0 Å². The molecule has 0 bridgehead atoms. The Morgan fingerprint density at radius 2 is 2.04 bits per heavy atom. The molecule has 1 aliphatic rings. The molecule has 0 saturated carbocycles. The number of nitrogens with zero attached hydrogens (tertiary/aromatic N) is 2. The average molecular weight is 337 g/mol. The Balaban J connectivity index is 1.76. The van der Waals surface area contributed by atoms with E-state index in [0.29, 0.717) is 43.7 Å². The largest absolute Gasteiger partial charge is 0.465 e. The van der Waals surface area contributed by atoms with Gasteiger partial charge in [0.1, 0.15) is 5.76 Å². The van der Waals surface area contributed by atoms with Crippen LogP contribution < -0.4 is 5.32 Å². The quantitative estimate of drug-likeness (QED) is 0.665. The van der Waals surface area contributed by atoms with Crippen molar-refractivity contribution in [1.82, 2.24) is 15.1 Å². The SMILES string of the molecule is CCOC(=O)N1CCN(C(=S)NC(=O)C=Cc2ccco2)CC1. The first kappa shape index (κ1) is 17.0. The molecule has 0 unspecified atom stereocenters. The van der Waals surface area contributed by atoms with Crippen LogP contribution in [0.2, 0.25) is 0 Å². The van der Waals surface area contributed by atoms with E-state index in [0.717, 1.165) is 0 Å². The molecule has 23 heavy (non-hydrogen) atoms. The molecule has 0 aliphatic carbocycles. The van der Waals surface area contributed by atoms with Crippen LogP contribution in [-0.4, -0.2) is 59.7 Å². The average Bonchev–Trinajstić information content (AvgIpc) is 3.07. The first-order valence-corrected chi connectivity index (χ1v) is 7.74. The Labute approximate surface area is 139 Å². The summed E-state index contributed by atoms with van der Waals surface area (Å²) in [5, 5.41) is 2.99. The Morgan fingerprint density at radius 3 is 2.65 bits per heavy atom. The highest BCUT2D eigenvalue weighted by atomic mass is 32.1. The summed E-state index contributed by atoms with van der Waals surface area (Å²) < 4.78 is 10.1. The van der Waals surface area contributed by atoms with Gasteiger partial charge in [-0.05, 0) is 37.4 Å². The lowest BCUT2D eigenvalue weighted by molar-refractivity contribution is -0.115. The Bertz CT molecular complexity index is 578. The number of carbonyl (C=O) groups is 2. The summed E-state index contributed by atoms with van der Waals surface area (Å²) in [6.07, 6.45) is 4.14. The second-order valence-corrected chi connectivity index (χ2v) is 5.20. The van der Waals surface area contributed by atoms with Crippen LogP contribution in [0, 0.1) is 0 Å². The maximum Gasteiger partial charge on any atom is 0.409 e. The fourth-order valence-electron chi connectivity index (χ4n) is 2.08. The van der Waals surface area contributed by atoms with Gasteiger partial charge in [0.25, 0.3) is 0 Å². The van der Waals surface area contributed by atoms with Crippen LogP contribution in [0.5, 0.6) is 0 Å². The van der Waals surface area contributed by atoms with Gasteiger partial charge in [-0.1, -0.05) is 0 Å². The van der Waals surface area contributed by atoms with Crippen molar-refractivity contribution < 1.29 is 18.7 Å². The molecule has 0 aromatic carbocycles. The Morgan fingerprint density at radius 1 is 1.35 bits per heavy atom. The zero-order chi connectivity index (χ0) is 16.7. The molecule has 0 radical (unpaired) electrons. The van der Waals surface area contributed by atoms with Crippen molar-refractivity contribution in [2.75, 3.05) is 32.8 Å². The maximum atomic E-state index is 11.8. The van der Waals surface area contributed by atoms with Crippen molar-refractivity contribution in [1.29, 1.82) is 0 Å². The fraction of sp³-hybridized carbons (Fsp3) is 0.400. The predicted molar refractivity (Wildman–Crippen MR) is 88.7 cm³/mol. The number of hydrogen-bond donors (Lipinski definition) is 1. The molecule has 0 atom stereocenters. The van der Waals surface area contributed by atoms with E-state index in [1.54, 1.807) is 30.0 Å². The highest BCUT2D eigenvalue weighted by molar-refractivity contribution is 7.80. The van der Waals surface area contributed by atoms with Crippen LogP contribution in [0.15, 0.2) is 28.9 Å². The molecule has 7 nitrogen and oxygen atoms in total. The van der Waals surface area contributed by atoms with Gasteiger partial charge in [0.05, 0.1) is 12.9 Å². The molecule has 1 fully saturated rings. The summed E-state index contributed by atoms with van der Waals surface area (Å²) in [5.41, 5.74) is 0. The molecular formula is C15H19N3O4S. The molecule has 1 aliphatic heterocycles. The number of thiocarbonyl (C=S) groups is 1. The maximum absolute atomic E-state index is 11.8. The second kappa shape index (κ2) is 8.33. The minimum atomic E-state index is -0.320. The van der Waals surface area contributed by atoms with Gasteiger partial charge in [0, 0.05) is 32.3 Å². The summed E-state index contributed by atoms with van der Waals surface area (Å²) >= 11 is 5.22. The third-order valence-electron chi connectivity index (χ3n) is 3.27. The number of furan rings is 1. The first-order chi connectivity index (χ1) is 11.1. The van der Waals surface area contributed by atoms with Gasteiger partial charge in [0.15, 0.2) is 5.11 Å². The highest BCUT2D eigenvalue weighted by Gasteiger charge is 2.23. The normalized spacial score (nSPS) is 14.8. The zero-order valence-electron chi connectivity index (χ0n) is 12.9. The lowest BCUT2D eigenvalue weighted by Gasteiger charge is -2.35. The second-order valence-electron chi connectivity index (χ2n) is 4.82. The van der Waals surface area contributed by atoms with Gasteiger partial charge in [-0.25, -0.2) is 4.79 Å². The van der Waals surface area contributed by atoms with Gasteiger partial charge < -0.3 is 19.0 Å². The van der Waals surface area contributed by atoms with Crippen molar-refractivity contribution in [3.63, 3.8) is 0 Å². The van der Waals surface area contributed by atoms with E-state index in [9.17, 15) is 9.59 Å². The van der Waals surface area contributed by atoms with Gasteiger partial charge in [0.2, 0.25) is 5.91 Å². The first-order valence-electron chi connectivity index (χ1n) is 7.33. The minimum Gasteiger partial charge on any atom is -0.465 e. The number of rotatable bonds is 3. The van der Waals surface area contributed by atoms with E-state index in [4.69, 9.17) is 21.4 Å². The van der Waals surface area contributed by atoms with E-state index in [-0.39, 0.29) is 12.0 Å². The summed E-state index contributed by atoms with van der Waals surface area (Å²) in [6.45, 7) is 4.26. The summed E-state index contributed by atoms with van der Waals surface area (Å²) in [4.78, 5) is 26.9. The molecular weight excluding hydrogens is 318 g/mol. The number of amides is 2. The molecule has 1 aromatic rings. The molecule has 1 saturated heterocycles. The van der Waals surface area contributed by atoms with Crippen LogP contribution >= 0.6 is 12.2 Å². The van der Waals surface area contributed by atoms with Crippen LogP contribution in [0.4, 0.5) is 4.79 Å². The van der Waals surface area contributed by atoms with Crippen molar-refractivity contribution >= 4 is 35.4 Å². The van der Waals surface area contributed by atoms with E-state index < -0.39 is 0 Å². The van der Waals surface area contributed by atoms with Crippen molar-refractivity contribution in [3.05, 3.63) is 30.2 Å². The van der Waals surface area contributed by atoms with E-state index in [1.165, 1.54) is 12.3 Å². The smallest absolute Gasteiger partial charge is 0.409 e.